The maximum atomic E-state index is 13.1. The SMILES string of the molecule is CC/C=C\C/C=C\C/C=C\C/C=C\C/C=C\CCCC(=O)OCC(COP(=O)(O)OCC(O)COP(=O)(O)OCC(COC(=O)CCCCCCCCC/C=C\C/C=C\C/C=C\CC)OC(=O)CCCCCCCCCCCCC)OC(=O)CCCCCCC/C=C\C/C=C\CCCCC. The van der Waals surface area contributed by atoms with Gasteiger partial charge in [0.2, 0.25) is 0 Å². The molecule has 0 saturated carbocycles. The molecule has 0 heterocycles. The number of rotatable bonds is 72. The molecule has 0 saturated heterocycles. The number of carbonyl (C=O) groups is 4. The predicted octanol–water partition coefficient (Wildman–Crippen LogP) is 22.3. The van der Waals surface area contributed by atoms with Gasteiger partial charge in [0.25, 0.3) is 0 Å². The number of hydrogen-bond donors (Lipinski definition) is 3. The van der Waals surface area contributed by atoms with Crippen molar-refractivity contribution in [1.29, 1.82) is 0 Å². The van der Waals surface area contributed by atoms with Gasteiger partial charge < -0.3 is 33.8 Å². The first-order valence-corrected chi connectivity index (χ1v) is 41.8. The lowest BCUT2D eigenvalue weighted by Gasteiger charge is -2.21. The summed E-state index contributed by atoms with van der Waals surface area (Å²) in [5, 5.41) is 10.6. The van der Waals surface area contributed by atoms with E-state index in [-0.39, 0.29) is 25.7 Å². The molecule has 17 nitrogen and oxygen atoms in total. The first-order valence-electron chi connectivity index (χ1n) is 38.8. The molecule has 0 bridgehead atoms. The minimum atomic E-state index is -4.99. The van der Waals surface area contributed by atoms with Crippen LogP contribution in [0.4, 0.5) is 0 Å². The minimum absolute atomic E-state index is 0.0650. The quantitative estimate of drug-likeness (QED) is 0.0169. The van der Waals surface area contributed by atoms with E-state index in [2.05, 4.69) is 137 Å². The first kappa shape index (κ1) is 95.5. The lowest BCUT2D eigenvalue weighted by Crippen LogP contribution is -2.30. The molecule has 0 rings (SSSR count). The van der Waals surface area contributed by atoms with E-state index in [0.29, 0.717) is 32.1 Å². The van der Waals surface area contributed by atoms with Crippen molar-refractivity contribution in [2.24, 2.45) is 0 Å². The zero-order valence-electron chi connectivity index (χ0n) is 62.6. The summed E-state index contributed by atoms with van der Waals surface area (Å²) in [6, 6.07) is 0. The Morgan fingerprint density at radius 2 is 0.530 bits per heavy atom. The van der Waals surface area contributed by atoms with E-state index in [1.165, 1.54) is 57.8 Å². The molecule has 3 N–H and O–H groups in total. The summed E-state index contributed by atoms with van der Waals surface area (Å²) < 4.78 is 68.4. The monoisotopic (exact) mass is 1440 g/mol. The Morgan fingerprint density at radius 1 is 0.290 bits per heavy atom. The van der Waals surface area contributed by atoms with E-state index in [4.69, 9.17) is 37.0 Å². The van der Waals surface area contributed by atoms with E-state index in [1.807, 2.05) is 12.2 Å². The number of phosphoric acid groups is 2. The summed E-state index contributed by atoms with van der Waals surface area (Å²) in [5.41, 5.74) is 0. The molecule has 0 fully saturated rings. The topological polar surface area (TPSA) is 237 Å². The lowest BCUT2D eigenvalue weighted by atomic mass is 10.1. The Hall–Kier alpha value is -4.54. The zero-order valence-corrected chi connectivity index (χ0v) is 64.4. The van der Waals surface area contributed by atoms with Gasteiger partial charge in [0, 0.05) is 25.7 Å². The first-order chi connectivity index (χ1) is 48.7. The number of aliphatic hydroxyl groups is 1. The summed E-state index contributed by atoms with van der Waals surface area (Å²) >= 11 is 0. The van der Waals surface area contributed by atoms with Crippen LogP contribution in [0.3, 0.4) is 0 Å². The van der Waals surface area contributed by atoms with Crippen LogP contribution in [-0.4, -0.2) is 96.7 Å². The fourth-order valence-electron chi connectivity index (χ4n) is 10.1. The van der Waals surface area contributed by atoms with Crippen molar-refractivity contribution in [3.05, 3.63) is 122 Å². The maximum absolute atomic E-state index is 13.1. The van der Waals surface area contributed by atoms with Crippen LogP contribution >= 0.6 is 15.6 Å². The van der Waals surface area contributed by atoms with Crippen molar-refractivity contribution in [2.45, 2.75) is 329 Å². The second-order valence-corrected chi connectivity index (χ2v) is 28.4. The van der Waals surface area contributed by atoms with Gasteiger partial charge in [0.05, 0.1) is 26.4 Å². The standard InChI is InChI=1S/C81H138O17P2/c1-5-9-13-17-21-25-29-32-35-37-40-42-46-49-53-57-61-65-78(83)91-71-76(97-80(85)67-63-59-55-51-45-28-24-20-16-12-8-4)73-95-99(87,88)93-69-75(82)70-94-100(89,90)96-74-77(98-81(86)68-64-60-56-52-48-44-39-34-31-27-23-19-15-11-7-3)72-92-79(84)66-62-58-54-50-47-43-41-38-36-33-30-26-22-18-14-10-6-2/h9-10,13-14,21-23,25-27,32-36,39,41,43,50,54,75-77,82H,5-8,11-12,15-20,24,28-31,37-38,40,42,44-49,51-53,55-74H2,1-4H3,(H,87,88)(H,89,90)/b13-9-,14-10-,25-21-,26-22-,27-23-,35-32-,36-33-,39-34-,43-41-,54-50-. The van der Waals surface area contributed by atoms with Gasteiger partial charge in [-0.1, -0.05) is 278 Å². The lowest BCUT2D eigenvalue weighted by molar-refractivity contribution is -0.161. The van der Waals surface area contributed by atoms with Gasteiger partial charge >= 0.3 is 39.5 Å². The van der Waals surface area contributed by atoms with Crippen LogP contribution in [0.15, 0.2) is 122 Å². The molecule has 0 aliphatic carbocycles. The summed E-state index contributed by atoms with van der Waals surface area (Å²) in [5.74, 6) is -2.26. The van der Waals surface area contributed by atoms with Gasteiger partial charge in [-0.05, 0) is 128 Å². The fraction of sp³-hybridized carbons (Fsp3) is 0.704. The number of carbonyl (C=O) groups excluding carboxylic acids is 4. The second-order valence-electron chi connectivity index (χ2n) is 25.5. The van der Waals surface area contributed by atoms with Crippen LogP contribution in [0.25, 0.3) is 0 Å². The van der Waals surface area contributed by atoms with Crippen molar-refractivity contribution in [2.75, 3.05) is 39.6 Å². The van der Waals surface area contributed by atoms with Crippen LogP contribution in [0.1, 0.15) is 310 Å². The zero-order chi connectivity index (χ0) is 73.2. The van der Waals surface area contributed by atoms with Gasteiger partial charge in [-0.3, -0.25) is 37.3 Å². The number of phosphoric ester groups is 2. The number of unbranched alkanes of at least 4 members (excludes halogenated alkanes) is 26. The van der Waals surface area contributed by atoms with E-state index in [9.17, 15) is 43.2 Å². The largest absolute Gasteiger partial charge is 0.472 e. The minimum Gasteiger partial charge on any atom is -0.462 e. The highest BCUT2D eigenvalue weighted by Gasteiger charge is 2.30. The number of hydrogen-bond acceptors (Lipinski definition) is 15. The third kappa shape index (κ3) is 71.8. The summed E-state index contributed by atoms with van der Waals surface area (Å²) in [7, 11) is -9.97. The summed E-state index contributed by atoms with van der Waals surface area (Å²) in [6.45, 7) is 4.54. The molecule has 0 aromatic carbocycles. The molecule has 0 aliphatic heterocycles. The van der Waals surface area contributed by atoms with E-state index in [0.717, 1.165) is 167 Å². The van der Waals surface area contributed by atoms with E-state index >= 15 is 0 Å². The molecule has 0 radical (unpaired) electrons. The number of esters is 4. The van der Waals surface area contributed by atoms with E-state index in [1.54, 1.807) is 0 Å². The third-order valence-corrected chi connectivity index (χ3v) is 17.8. The molecule has 0 spiro atoms. The Balaban J connectivity index is 5.38. The number of ether oxygens (including phenoxy) is 4. The highest BCUT2D eigenvalue weighted by Crippen LogP contribution is 2.45. The second kappa shape index (κ2) is 72.8. The van der Waals surface area contributed by atoms with Crippen LogP contribution in [0, 0.1) is 0 Å². The Morgan fingerprint density at radius 3 is 0.860 bits per heavy atom. The van der Waals surface area contributed by atoms with Gasteiger partial charge in [0.1, 0.15) is 19.3 Å². The van der Waals surface area contributed by atoms with Crippen LogP contribution in [-0.2, 0) is 65.4 Å². The van der Waals surface area contributed by atoms with Gasteiger partial charge in [-0.15, -0.1) is 0 Å². The Labute approximate surface area is 606 Å². The molecule has 5 unspecified atom stereocenters. The Kier molecular flexibility index (Phi) is 69.5. The van der Waals surface area contributed by atoms with Gasteiger partial charge in [-0.25, -0.2) is 9.13 Å². The van der Waals surface area contributed by atoms with Crippen molar-refractivity contribution in [3.8, 4) is 0 Å². The van der Waals surface area contributed by atoms with Gasteiger partial charge in [0.15, 0.2) is 12.2 Å². The highest BCUT2D eigenvalue weighted by atomic mass is 31.2. The maximum Gasteiger partial charge on any atom is 0.472 e. The summed E-state index contributed by atoms with van der Waals surface area (Å²) in [6.07, 6.45) is 79.1. The molecule has 0 aliphatic rings. The number of allylic oxidation sites excluding steroid dienone is 20. The molecule has 0 aromatic heterocycles. The fourth-order valence-corrected chi connectivity index (χ4v) is 11.6. The highest BCUT2D eigenvalue weighted by molar-refractivity contribution is 7.47. The Bertz CT molecular complexity index is 2370. The molecular formula is C81H138O17P2. The molecule has 19 heteroatoms. The van der Waals surface area contributed by atoms with Crippen molar-refractivity contribution < 1.29 is 80.2 Å². The smallest absolute Gasteiger partial charge is 0.462 e. The van der Waals surface area contributed by atoms with Gasteiger partial charge in [-0.2, -0.15) is 0 Å². The predicted molar refractivity (Wildman–Crippen MR) is 408 cm³/mol. The van der Waals surface area contributed by atoms with Crippen molar-refractivity contribution >= 4 is 39.5 Å². The van der Waals surface area contributed by atoms with Crippen molar-refractivity contribution in [3.63, 3.8) is 0 Å². The molecular weight excluding hydrogens is 1310 g/mol. The van der Waals surface area contributed by atoms with Crippen LogP contribution in [0.5, 0.6) is 0 Å². The normalized spacial score (nSPS) is 14.6. The molecule has 5 atom stereocenters. The van der Waals surface area contributed by atoms with Crippen LogP contribution in [0.2, 0.25) is 0 Å². The molecule has 574 valence electrons. The number of aliphatic hydroxyl groups excluding tert-OH is 1. The average Bonchev–Trinajstić information content (AvgIpc) is 1.02. The van der Waals surface area contributed by atoms with E-state index < -0.39 is 97.5 Å². The third-order valence-electron chi connectivity index (χ3n) is 15.9. The van der Waals surface area contributed by atoms with Crippen LogP contribution < -0.4 is 0 Å². The van der Waals surface area contributed by atoms with Crippen molar-refractivity contribution in [1.82, 2.24) is 0 Å². The summed E-state index contributed by atoms with van der Waals surface area (Å²) in [4.78, 5) is 72.9. The molecule has 0 aromatic rings. The molecule has 0 amide bonds. The average molecular weight is 1450 g/mol. The molecule has 100 heavy (non-hydrogen) atoms.